The second-order valence-electron chi connectivity index (χ2n) is 4.23. The van der Waals surface area contributed by atoms with Crippen molar-refractivity contribution >= 4 is 33.3 Å². The van der Waals surface area contributed by atoms with E-state index in [0.29, 0.717) is 4.88 Å². The molecule has 17 heavy (non-hydrogen) atoms. The summed E-state index contributed by atoms with van der Waals surface area (Å²) in [7, 11) is 0. The van der Waals surface area contributed by atoms with Gasteiger partial charge < -0.3 is 10.6 Å². The number of primary amides is 1. The van der Waals surface area contributed by atoms with Gasteiger partial charge in [-0.1, -0.05) is 0 Å². The highest BCUT2D eigenvalue weighted by Gasteiger charge is 2.15. The monoisotopic (exact) mass is 247 g/mol. The molecule has 1 fully saturated rings. The molecule has 1 saturated heterocycles. The van der Waals surface area contributed by atoms with Crippen molar-refractivity contribution in [2.75, 3.05) is 18.0 Å². The summed E-state index contributed by atoms with van der Waals surface area (Å²) < 4.78 is 0. The van der Waals surface area contributed by atoms with E-state index in [9.17, 15) is 4.79 Å². The summed E-state index contributed by atoms with van der Waals surface area (Å²) in [5.74, 6) is 0.628. The van der Waals surface area contributed by atoms with Crippen LogP contribution >= 0.6 is 11.3 Å². The van der Waals surface area contributed by atoms with Gasteiger partial charge in [-0.3, -0.25) is 4.79 Å². The van der Waals surface area contributed by atoms with Gasteiger partial charge in [-0.15, -0.1) is 11.3 Å². The van der Waals surface area contributed by atoms with Crippen LogP contribution in [0.4, 0.5) is 5.82 Å². The highest BCUT2D eigenvalue weighted by Crippen LogP contribution is 2.27. The van der Waals surface area contributed by atoms with E-state index >= 15 is 0 Å². The van der Waals surface area contributed by atoms with Gasteiger partial charge >= 0.3 is 0 Å². The third kappa shape index (κ3) is 1.86. The van der Waals surface area contributed by atoms with Gasteiger partial charge in [0.1, 0.15) is 10.6 Å². The summed E-state index contributed by atoms with van der Waals surface area (Å²) in [4.78, 5) is 19.5. The molecule has 1 aliphatic rings. The number of carbonyl (C=O) groups excluding carboxylic acids is 1. The number of nitrogens with zero attached hydrogens (tertiary/aromatic N) is 2. The van der Waals surface area contributed by atoms with Gasteiger partial charge in [0.05, 0.1) is 4.88 Å². The Hall–Kier alpha value is -1.62. The van der Waals surface area contributed by atoms with Crippen LogP contribution in [0, 0.1) is 0 Å². The number of nitrogens with two attached hydrogens (primary N) is 1. The molecule has 3 heterocycles. The summed E-state index contributed by atoms with van der Waals surface area (Å²) >= 11 is 1.37. The van der Waals surface area contributed by atoms with Gasteiger partial charge in [-0.05, 0) is 31.0 Å². The fourth-order valence-corrected chi connectivity index (χ4v) is 3.03. The van der Waals surface area contributed by atoms with Crippen molar-refractivity contribution < 1.29 is 4.79 Å². The van der Waals surface area contributed by atoms with Crippen LogP contribution in [0.1, 0.15) is 22.5 Å². The van der Waals surface area contributed by atoms with Gasteiger partial charge in [0.25, 0.3) is 5.91 Å². The van der Waals surface area contributed by atoms with Gasteiger partial charge in [-0.25, -0.2) is 4.98 Å². The Bertz CT molecular complexity index is 572. The quantitative estimate of drug-likeness (QED) is 0.883. The Labute approximate surface area is 103 Å². The molecule has 2 aromatic heterocycles. The number of carbonyl (C=O) groups is 1. The Balaban J connectivity index is 2.02. The predicted octanol–water partition coefficient (Wildman–Crippen LogP) is 2.00. The molecule has 2 N–H and O–H groups in total. The summed E-state index contributed by atoms with van der Waals surface area (Å²) in [5.41, 5.74) is 5.27. The molecule has 1 aliphatic heterocycles. The molecule has 0 saturated carbocycles. The number of pyridine rings is 1. The van der Waals surface area contributed by atoms with Crippen molar-refractivity contribution in [1.82, 2.24) is 4.98 Å². The number of aromatic nitrogens is 1. The Morgan fingerprint density at radius 2 is 2.12 bits per heavy atom. The second kappa shape index (κ2) is 4.00. The predicted molar refractivity (Wildman–Crippen MR) is 69.6 cm³/mol. The van der Waals surface area contributed by atoms with E-state index in [-0.39, 0.29) is 5.91 Å². The van der Waals surface area contributed by atoms with E-state index in [1.807, 2.05) is 18.2 Å². The fraction of sp³-hybridized carbons (Fsp3) is 0.333. The smallest absolute Gasteiger partial charge is 0.258 e. The first-order chi connectivity index (χ1) is 8.24. The van der Waals surface area contributed by atoms with Crippen LogP contribution in [-0.2, 0) is 0 Å². The van der Waals surface area contributed by atoms with E-state index in [4.69, 9.17) is 5.73 Å². The molecule has 2 aromatic rings. The first-order valence-corrected chi connectivity index (χ1v) is 6.51. The standard InChI is InChI=1S/C12H13N3OS/c13-11(16)9-7-8-3-4-10(14-12(8)17-9)15-5-1-2-6-15/h3-4,7H,1-2,5-6H2,(H2,13,16). The lowest BCUT2D eigenvalue weighted by Crippen LogP contribution is -2.18. The minimum Gasteiger partial charge on any atom is -0.365 e. The average Bonchev–Trinajstić information content (AvgIpc) is 2.97. The molecule has 88 valence electrons. The van der Waals surface area contributed by atoms with Crippen molar-refractivity contribution in [2.45, 2.75) is 12.8 Å². The van der Waals surface area contributed by atoms with Crippen molar-refractivity contribution in [1.29, 1.82) is 0 Å². The number of hydrogen-bond acceptors (Lipinski definition) is 4. The van der Waals surface area contributed by atoms with Crippen LogP contribution in [-0.4, -0.2) is 24.0 Å². The Morgan fingerprint density at radius 3 is 2.82 bits per heavy atom. The zero-order valence-electron chi connectivity index (χ0n) is 9.35. The maximum absolute atomic E-state index is 11.1. The molecule has 0 spiro atoms. The summed E-state index contributed by atoms with van der Waals surface area (Å²) in [6.07, 6.45) is 2.47. The summed E-state index contributed by atoms with van der Waals surface area (Å²) in [6.45, 7) is 2.15. The van der Waals surface area contributed by atoms with E-state index < -0.39 is 0 Å². The largest absolute Gasteiger partial charge is 0.365 e. The lowest BCUT2D eigenvalue weighted by atomic mass is 10.3. The molecule has 5 heteroatoms. The minimum absolute atomic E-state index is 0.379. The molecule has 0 unspecified atom stereocenters. The second-order valence-corrected chi connectivity index (χ2v) is 5.26. The van der Waals surface area contributed by atoms with Crippen LogP contribution in [0.15, 0.2) is 18.2 Å². The van der Waals surface area contributed by atoms with Crippen LogP contribution in [0.25, 0.3) is 10.2 Å². The number of rotatable bonds is 2. The van der Waals surface area contributed by atoms with Crippen LogP contribution in [0.5, 0.6) is 0 Å². The average molecular weight is 247 g/mol. The fourth-order valence-electron chi connectivity index (χ4n) is 2.15. The molecular weight excluding hydrogens is 234 g/mol. The van der Waals surface area contributed by atoms with E-state index in [1.54, 1.807) is 0 Å². The number of anilines is 1. The van der Waals surface area contributed by atoms with Crippen molar-refractivity contribution in [2.24, 2.45) is 5.73 Å². The molecule has 3 rings (SSSR count). The van der Waals surface area contributed by atoms with Crippen LogP contribution < -0.4 is 10.6 Å². The number of hydrogen-bond donors (Lipinski definition) is 1. The Morgan fingerprint density at radius 1 is 1.35 bits per heavy atom. The van der Waals surface area contributed by atoms with Gasteiger partial charge in [0, 0.05) is 18.5 Å². The zero-order valence-corrected chi connectivity index (χ0v) is 10.2. The molecule has 4 nitrogen and oxygen atoms in total. The first kappa shape index (κ1) is 10.5. The normalized spacial score (nSPS) is 15.6. The molecular formula is C12H13N3OS. The van der Waals surface area contributed by atoms with Crippen LogP contribution in [0.3, 0.4) is 0 Å². The molecule has 0 aromatic carbocycles. The number of fused-ring (bicyclic) bond motifs is 1. The maximum atomic E-state index is 11.1. The van der Waals surface area contributed by atoms with E-state index in [0.717, 1.165) is 29.1 Å². The SMILES string of the molecule is NC(=O)c1cc2ccc(N3CCCC3)nc2s1. The van der Waals surface area contributed by atoms with E-state index in [1.165, 1.54) is 24.2 Å². The maximum Gasteiger partial charge on any atom is 0.258 e. The van der Waals surface area contributed by atoms with Crippen molar-refractivity contribution in [3.63, 3.8) is 0 Å². The van der Waals surface area contributed by atoms with Gasteiger partial charge in [0.2, 0.25) is 0 Å². The molecule has 1 amide bonds. The highest BCUT2D eigenvalue weighted by atomic mass is 32.1. The van der Waals surface area contributed by atoms with Crippen LogP contribution in [0.2, 0.25) is 0 Å². The summed E-state index contributed by atoms with van der Waals surface area (Å²) in [6, 6.07) is 5.84. The summed E-state index contributed by atoms with van der Waals surface area (Å²) in [5, 5.41) is 0.992. The zero-order chi connectivity index (χ0) is 11.8. The highest BCUT2D eigenvalue weighted by molar-refractivity contribution is 7.20. The topological polar surface area (TPSA) is 59.2 Å². The third-order valence-electron chi connectivity index (χ3n) is 3.04. The lowest BCUT2D eigenvalue weighted by molar-refractivity contribution is 0.100. The van der Waals surface area contributed by atoms with E-state index in [2.05, 4.69) is 9.88 Å². The van der Waals surface area contributed by atoms with Gasteiger partial charge in [-0.2, -0.15) is 0 Å². The van der Waals surface area contributed by atoms with Crippen molar-refractivity contribution in [3.8, 4) is 0 Å². The third-order valence-corrected chi connectivity index (χ3v) is 4.10. The lowest BCUT2D eigenvalue weighted by Gasteiger charge is -2.15. The number of amides is 1. The van der Waals surface area contributed by atoms with Crippen molar-refractivity contribution in [3.05, 3.63) is 23.1 Å². The molecule has 0 radical (unpaired) electrons. The van der Waals surface area contributed by atoms with Gasteiger partial charge in [0.15, 0.2) is 0 Å². The molecule has 0 bridgehead atoms. The molecule has 0 aliphatic carbocycles. The minimum atomic E-state index is -0.379. The number of thiophene rings is 1. The Kier molecular flexibility index (Phi) is 2.48. The first-order valence-electron chi connectivity index (χ1n) is 5.69. The molecule has 0 atom stereocenters.